The maximum Gasteiger partial charge on any atom is 0.270 e. The molecule has 3 nitrogen and oxygen atoms in total. The van der Waals surface area contributed by atoms with Gasteiger partial charge in [0.15, 0.2) is 0 Å². The van der Waals surface area contributed by atoms with E-state index in [1.807, 2.05) is 4.68 Å². The molecular formula is C12H20N2O. The van der Waals surface area contributed by atoms with E-state index in [2.05, 4.69) is 18.9 Å². The van der Waals surface area contributed by atoms with Crippen molar-refractivity contribution in [2.45, 2.75) is 58.4 Å². The van der Waals surface area contributed by atoms with E-state index in [0.29, 0.717) is 6.04 Å². The topological polar surface area (TPSA) is 37.8 Å². The maximum atomic E-state index is 12.1. The smallest absolute Gasteiger partial charge is 0.270 e. The lowest BCUT2D eigenvalue weighted by molar-refractivity contribution is 0.415. The third-order valence-electron chi connectivity index (χ3n) is 3.51. The second kappa shape index (κ2) is 4.25. The summed E-state index contributed by atoms with van der Waals surface area (Å²) in [7, 11) is 0. The summed E-state index contributed by atoms with van der Waals surface area (Å²) < 4.78 is 1.86. The fraction of sp³-hybridized carbons (Fsp3) is 0.750. The predicted octanol–water partition coefficient (Wildman–Crippen LogP) is 2.42. The van der Waals surface area contributed by atoms with E-state index in [9.17, 15) is 4.79 Å². The van der Waals surface area contributed by atoms with Gasteiger partial charge < -0.3 is 0 Å². The van der Waals surface area contributed by atoms with Gasteiger partial charge in [-0.3, -0.25) is 9.89 Å². The number of nitrogens with one attached hydrogen (secondary N) is 1. The van der Waals surface area contributed by atoms with Gasteiger partial charge in [0.2, 0.25) is 0 Å². The summed E-state index contributed by atoms with van der Waals surface area (Å²) in [4.78, 5) is 12.1. The third-order valence-corrected chi connectivity index (χ3v) is 3.51. The Morgan fingerprint density at radius 1 is 1.27 bits per heavy atom. The number of fused-ring (bicyclic) bond motifs is 1. The largest absolute Gasteiger partial charge is 0.299 e. The zero-order valence-electron chi connectivity index (χ0n) is 9.68. The minimum Gasteiger partial charge on any atom is -0.299 e. The van der Waals surface area contributed by atoms with Crippen LogP contribution in [0.5, 0.6) is 0 Å². The van der Waals surface area contributed by atoms with Gasteiger partial charge in [-0.2, -0.15) is 0 Å². The van der Waals surface area contributed by atoms with Crippen LogP contribution in [0.25, 0.3) is 0 Å². The number of aromatic amines is 1. The van der Waals surface area contributed by atoms with E-state index in [1.54, 1.807) is 0 Å². The van der Waals surface area contributed by atoms with E-state index in [0.717, 1.165) is 31.2 Å². The lowest BCUT2D eigenvalue weighted by Gasteiger charge is -2.12. The molecule has 84 valence electrons. The van der Waals surface area contributed by atoms with Crippen molar-refractivity contribution in [3.63, 3.8) is 0 Å². The molecule has 1 N–H and O–H groups in total. The summed E-state index contributed by atoms with van der Waals surface area (Å²) in [5.74, 6) is 0. The first-order valence-electron chi connectivity index (χ1n) is 6.10. The first-order valence-corrected chi connectivity index (χ1v) is 6.10. The molecule has 1 aromatic heterocycles. The molecule has 1 aliphatic rings. The summed E-state index contributed by atoms with van der Waals surface area (Å²) in [6.45, 7) is 4.28. The molecular weight excluding hydrogens is 188 g/mol. The van der Waals surface area contributed by atoms with Crippen molar-refractivity contribution >= 4 is 0 Å². The van der Waals surface area contributed by atoms with Gasteiger partial charge in [-0.05, 0) is 38.5 Å². The second-order valence-corrected chi connectivity index (χ2v) is 4.42. The van der Waals surface area contributed by atoms with Gasteiger partial charge in [0.25, 0.3) is 5.56 Å². The summed E-state index contributed by atoms with van der Waals surface area (Å²) in [6.07, 6.45) is 6.46. The Morgan fingerprint density at radius 3 is 2.53 bits per heavy atom. The second-order valence-electron chi connectivity index (χ2n) is 4.42. The lowest BCUT2D eigenvalue weighted by atomic mass is 9.98. The molecule has 0 atom stereocenters. The van der Waals surface area contributed by atoms with Crippen molar-refractivity contribution < 1.29 is 0 Å². The first-order chi connectivity index (χ1) is 7.27. The first kappa shape index (κ1) is 10.5. The van der Waals surface area contributed by atoms with Crippen LogP contribution in [-0.2, 0) is 12.8 Å². The van der Waals surface area contributed by atoms with Crippen LogP contribution in [0.2, 0.25) is 0 Å². The Balaban J connectivity index is 2.41. The molecule has 0 spiro atoms. The van der Waals surface area contributed by atoms with Crippen LogP contribution in [0.4, 0.5) is 0 Å². The van der Waals surface area contributed by atoms with Crippen LogP contribution in [0.15, 0.2) is 4.79 Å². The quantitative estimate of drug-likeness (QED) is 0.814. The number of hydrogen-bond donors (Lipinski definition) is 1. The van der Waals surface area contributed by atoms with E-state index >= 15 is 0 Å². The lowest BCUT2D eigenvalue weighted by Crippen LogP contribution is -2.23. The summed E-state index contributed by atoms with van der Waals surface area (Å²) in [5.41, 5.74) is 2.48. The number of H-pyrrole nitrogens is 1. The Labute approximate surface area is 90.5 Å². The minimum absolute atomic E-state index is 0.235. The Morgan fingerprint density at radius 2 is 1.93 bits per heavy atom. The Bertz CT molecular complexity index is 385. The highest BCUT2D eigenvalue weighted by molar-refractivity contribution is 5.20. The van der Waals surface area contributed by atoms with Crippen molar-refractivity contribution in [1.82, 2.24) is 9.78 Å². The zero-order valence-corrected chi connectivity index (χ0v) is 9.68. The van der Waals surface area contributed by atoms with Gasteiger partial charge in [0, 0.05) is 11.3 Å². The van der Waals surface area contributed by atoms with Gasteiger partial charge >= 0.3 is 0 Å². The highest BCUT2D eigenvalue weighted by Crippen LogP contribution is 2.19. The maximum absolute atomic E-state index is 12.1. The van der Waals surface area contributed by atoms with Crippen LogP contribution in [0.3, 0.4) is 0 Å². The molecule has 1 heterocycles. The molecule has 0 saturated heterocycles. The average Bonchev–Trinajstić information content (AvgIpc) is 2.60. The predicted molar refractivity (Wildman–Crippen MR) is 61.3 cm³/mol. The zero-order chi connectivity index (χ0) is 10.8. The fourth-order valence-corrected chi connectivity index (χ4v) is 2.52. The van der Waals surface area contributed by atoms with Gasteiger partial charge in [0.1, 0.15) is 0 Å². The Hall–Kier alpha value is -0.990. The highest BCUT2D eigenvalue weighted by atomic mass is 16.1. The molecule has 0 amide bonds. The van der Waals surface area contributed by atoms with Gasteiger partial charge in [-0.1, -0.05) is 13.8 Å². The molecule has 0 unspecified atom stereocenters. The SMILES string of the molecule is CCC(CC)n1[nH]c2c(c1=O)CCCC2. The summed E-state index contributed by atoms with van der Waals surface area (Å²) in [6, 6.07) is 0.350. The summed E-state index contributed by atoms with van der Waals surface area (Å²) in [5, 5.41) is 3.31. The van der Waals surface area contributed by atoms with Crippen LogP contribution in [-0.4, -0.2) is 9.78 Å². The van der Waals surface area contributed by atoms with E-state index in [4.69, 9.17) is 0 Å². The third kappa shape index (κ3) is 1.75. The van der Waals surface area contributed by atoms with Crippen molar-refractivity contribution in [3.8, 4) is 0 Å². The molecule has 0 fully saturated rings. The molecule has 0 saturated carbocycles. The van der Waals surface area contributed by atoms with Crippen LogP contribution in [0.1, 0.15) is 56.8 Å². The van der Waals surface area contributed by atoms with Gasteiger partial charge in [-0.25, -0.2) is 4.68 Å². The number of nitrogens with zero attached hydrogens (tertiary/aromatic N) is 1. The van der Waals surface area contributed by atoms with Crippen LogP contribution >= 0.6 is 0 Å². The molecule has 3 heteroatoms. The number of rotatable bonds is 3. The van der Waals surface area contributed by atoms with Crippen molar-refractivity contribution in [3.05, 3.63) is 21.6 Å². The van der Waals surface area contributed by atoms with E-state index in [-0.39, 0.29) is 5.56 Å². The molecule has 1 aliphatic carbocycles. The summed E-state index contributed by atoms with van der Waals surface area (Å²) >= 11 is 0. The van der Waals surface area contributed by atoms with Gasteiger partial charge in [0.05, 0.1) is 6.04 Å². The van der Waals surface area contributed by atoms with Crippen molar-refractivity contribution in [2.75, 3.05) is 0 Å². The number of aromatic nitrogens is 2. The molecule has 15 heavy (non-hydrogen) atoms. The normalized spacial score (nSPS) is 15.7. The van der Waals surface area contributed by atoms with Gasteiger partial charge in [-0.15, -0.1) is 0 Å². The standard InChI is InChI=1S/C12H20N2O/c1-3-9(4-2)14-12(15)10-7-5-6-8-11(10)13-14/h9,13H,3-8H2,1-2H3. The molecule has 0 aliphatic heterocycles. The average molecular weight is 208 g/mol. The fourth-order valence-electron chi connectivity index (χ4n) is 2.52. The monoisotopic (exact) mass is 208 g/mol. The van der Waals surface area contributed by atoms with Crippen molar-refractivity contribution in [2.24, 2.45) is 0 Å². The molecule has 0 radical (unpaired) electrons. The molecule has 0 bridgehead atoms. The molecule has 2 rings (SSSR count). The van der Waals surface area contributed by atoms with E-state index < -0.39 is 0 Å². The highest BCUT2D eigenvalue weighted by Gasteiger charge is 2.20. The minimum atomic E-state index is 0.235. The Kier molecular flexibility index (Phi) is 2.98. The number of hydrogen-bond acceptors (Lipinski definition) is 1. The van der Waals surface area contributed by atoms with E-state index in [1.165, 1.54) is 18.5 Å². The molecule has 1 aromatic rings. The van der Waals surface area contributed by atoms with Crippen LogP contribution < -0.4 is 5.56 Å². The molecule has 0 aromatic carbocycles. The van der Waals surface area contributed by atoms with Crippen molar-refractivity contribution in [1.29, 1.82) is 0 Å². The number of aryl methyl sites for hydroxylation is 1. The van der Waals surface area contributed by atoms with Crippen LogP contribution in [0, 0.1) is 0 Å².